The summed E-state index contributed by atoms with van der Waals surface area (Å²) >= 11 is 1.73. The van der Waals surface area contributed by atoms with Crippen molar-refractivity contribution in [1.29, 1.82) is 0 Å². The lowest BCUT2D eigenvalue weighted by atomic mass is 10.2. The second-order valence-electron chi connectivity index (χ2n) is 2.77. The first-order valence-corrected chi connectivity index (χ1v) is 5.52. The van der Waals surface area contributed by atoms with Crippen LogP contribution in [0.15, 0.2) is 0 Å². The van der Waals surface area contributed by atoms with Crippen molar-refractivity contribution in [3.05, 3.63) is 0 Å². The van der Waals surface area contributed by atoms with Gasteiger partial charge in [-0.3, -0.25) is 4.79 Å². The first-order valence-electron chi connectivity index (χ1n) is 4.13. The maximum atomic E-state index is 11.4. The molecule has 4 heteroatoms. The Bertz CT molecular complexity index is 141. The van der Waals surface area contributed by atoms with Crippen molar-refractivity contribution in [3.8, 4) is 0 Å². The Morgan fingerprint density at radius 3 is 2.67 bits per heavy atom. The van der Waals surface area contributed by atoms with E-state index in [-0.39, 0.29) is 11.9 Å². The highest BCUT2D eigenvalue weighted by Gasteiger charge is 2.14. The number of likely N-dealkylation sites (N-methyl/N-ethyl adjacent to an activating group) is 1. The van der Waals surface area contributed by atoms with Crippen LogP contribution in [-0.4, -0.2) is 42.4 Å². The predicted octanol–water partition coefficient (Wildman–Crippen LogP) is 0.545. The molecule has 0 aromatic carbocycles. The molecular weight excluding hydrogens is 172 g/mol. The molecule has 0 heterocycles. The number of amides is 1. The summed E-state index contributed by atoms with van der Waals surface area (Å²) in [5.41, 5.74) is 5.59. The largest absolute Gasteiger partial charge is 0.344 e. The molecule has 0 aliphatic carbocycles. The molecule has 1 unspecified atom stereocenters. The first kappa shape index (κ1) is 11.8. The fourth-order valence-electron chi connectivity index (χ4n) is 0.796. The lowest BCUT2D eigenvalue weighted by molar-refractivity contribution is -0.131. The van der Waals surface area contributed by atoms with Crippen molar-refractivity contribution in [1.82, 2.24) is 4.90 Å². The predicted molar refractivity (Wildman–Crippen MR) is 54.3 cm³/mol. The van der Waals surface area contributed by atoms with Crippen molar-refractivity contribution in [2.45, 2.75) is 19.4 Å². The van der Waals surface area contributed by atoms with Crippen LogP contribution in [0, 0.1) is 0 Å². The van der Waals surface area contributed by atoms with Crippen LogP contribution in [0.1, 0.15) is 13.3 Å². The number of hydrogen-bond acceptors (Lipinski definition) is 3. The average molecular weight is 190 g/mol. The molecule has 0 aromatic rings. The molecule has 0 aromatic heterocycles. The van der Waals surface area contributed by atoms with E-state index in [2.05, 4.69) is 0 Å². The third-order valence-corrected chi connectivity index (χ3v) is 2.35. The molecule has 0 aliphatic rings. The minimum Gasteiger partial charge on any atom is -0.344 e. The van der Waals surface area contributed by atoms with Gasteiger partial charge in [0.15, 0.2) is 0 Å². The molecule has 0 saturated carbocycles. The van der Waals surface area contributed by atoms with Crippen molar-refractivity contribution < 1.29 is 4.79 Å². The number of thioether (sulfide) groups is 1. The molecule has 0 saturated heterocycles. The average Bonchev–Trinajstić information content (AvgIpc) is 2.11. The Morgan fingerprint density at radius 1 is 1.67 bits per heavy atom. The highest BCUT2D eigenvalue weighted by atomic mass is 32.2. The van der Waals surface area contributed by atoms with Gasteiger partial charge in [0.1, 0.15) is 0 Å². The highest BCUT2D eigenvalue weighted by molar-refractivity contribution is 7.98. The molecule has 0 spiro atoms. The SMILES string of the molecule is CCC(N)C(=O)N(C)CCSC. The summed E-state index contributed by atoms with van der Waals surface area (Å²) in [7, 11) is 1.80. The maximum absolute atomic E-state index is 11.4. The van der Waals surface area contributed by atoms with E-state index in [4.69, 9.17) is 5.73 Å². The van der Waals surface area contributed by atoms with Crippen LogP contribution >= 0.6 is 11.8 Å². The molecule has 0 bridgehead atoms. The van der Waals surface area contributed by atoms with Crippen LogP contribution in [0.25, 0.3) is 0 Å². The van der Waals surface area contributed by atoms with Crippen LogP contribution in [0.2, 0.25) is 0 Å². The zero-order valence-electron chi connectivity index (χ0n) is 8.04. The molecule has 12 heavy (non-hydrogen) atoms. The standard InChI is InChI=1S/C8H18N2OS/c1-4-7(9)8(11)10(2)5-6-12-3/h7H,4-6,9H2,1-3H3. The van der Waals surface area contributed by atoms with Gasteiger partial charge in [0.25, 0.3) is 0 Å². The van der Waals surface area contributed by atoms with Gasteiger partial charge in [-0.05, 0) is 12.7 Å². The van der Waals surface area contributed by atoms with Crippen molar-refractivity contribution in [2.24, 2.45) is 5.73 Å². The summed E-state index contributed by atoms with van der Waals surface area (Å²) in [5, 5.41) is 0. The molecule has 0 aliphatic heterocycles. The third-order valence-electron chi connectivity index (χ3n) is 1.76. The van der Waals surface area contributed by atoms with Crippen LogP contribution in [0.5, 0.6) is 0 Å². The fraction of sp³-hybridized carbons (Fsp3) is 0.875. The quantitative estimate of drug-likeness (QED) is 0.688. The highest BCUT2D eigenvalue weighted by Crippen LogP contribution is 1.97. The van der Waals surface area contributed by atoms with Gasteiger partial charge in [0.05, 0.1) is 6.04 Å². The molecule has 1 atom stereocenters. The Hall–Kier alpha value is -0.220. The van der Waals surface area contributed by atoms with Crippen LogP contribution in [0.3, 0.4) is 0 Å². The molecule has 0 radical (unpaired) electrons. The topological polar surface area (TPSA) is 46.3 Å². The minimum atomic E-state index is -0.322. The van der Waals surface area contributed by atoms with E-state index in [1.54, 1.807) is 23.7 Å². The van der Waals surface area contributed by atoms with Crippen LogP contribution in [-0.2, 0) is 4.79 Å². The summed E-state index contributed by atoms with van der Waals surface area (Å²) in [4.78, 5) is 13.1. The zero-order valence-corrected chi connectivity index (χ0v) is 8.86. The van der Waals surface area contributed by atoms with E-state index < -0.39 is 0 Å². The molecular formula is C8H18N2OS. The Balaban J connectivity index is 3.75. The fourth-order valence-corrected chi connectivity index (χ4v) is 1.25. The second-order valence-corrected chi connectivity index (χ2v) is 3.75. The summed E-state index contributed by atoms with van der Waals surface area (Å²) < 4.78 is 0. The summed E-state index contributed by atoms with van der Waals surface area (Å²) in [6.07, 6.45) is 2.74. The van der Waals surface area contributed by atoms with Crippen molar-refractivity contribution in [2.75, 3.05) is 25.6 Å². The Labute approximate surface area is 78.7 Å². The second kappa shape index (κ2) is 6.31. The van der Waals surface area contributed by atoms with E-state index in [9.17, 15) is 4.79 Å². The normalized spacial score (nSPS) is 12.7. The number of rotatable bonds is 5. The van der Waals surface area contributed by atoms with Crippen LogP contribution < -0.4 is 5.73 Å². The van der Waals surface area contributed by atoms with Crippen molar-refractivity contribution in [3.63, 3.8) is 0 Å². The van der Waals surface area contributed by atoms with E-state index in [0.29, 0.717) is 6.42 Å². The third kappa shape index (κ3) is 3.97. The molecule has 1 amide bonds. The number of carbonyl (C=O) groups is 1. The molecule has 0 fully saturated rings. The Morgan fingerprint density at radius 2 is 2.25 bits per heavy atom. The molecule has 2 N–H and O–H groups in total. The lowest BCUT2D eigenvalue weighted by Gasteiger charge is -2.19. The number of carbonyl (C=O) groups excluding carboxylic acids is 1. The lowest BCUT2D eigenvalue weighted by Crippen LogP contribution is -2.42. The minimum absolute atomic E-state index is 0.0477. The van der Waals surface area contributed by atoms with Gasteiger partial charge in [-0.2, -0.15) is 11.8 Å². The number of nitrogens with two attached hydrogens (primary N) is 1. The summed E-state index contributed by atoms with van der Waals surface area (Å²) in [5.74, 6) is 1.02. The molecule has 0 rings (SSSR count). The molecule has 3 nitrogen and oxygen atoms in total. The number of hydrogen-bond donors (Lipinski definition) is 1. The van der Waals surface area contributed by atoms with Crippen molar-refractivity contribution >= 4 is 17.7 Å². The van der Waals surface area contributed by atoms with Gasteiger partial charge in [0, 0.05) is 19.3 Å². The smallest absolute Gasteiger partial charge is 0.239 e. The maximum Gasteiger partial charge on any atom is 0.239 e. The van der Waals surface area contributed by atoms with E-state index in [1.807, 2.05) is 13.2 Å². The van der Waals surface area contributed by atoms with Gasteiger partial charge in [0.2, 0.25) is 5.91 Å². The monoisotopic (exact) mass is 190 g/mol. The summed E-state index contributed by atoms with van der Waals surface area (Å²) in [6, 6.07) is -0.322. The van der Waals surface area contributed by atoms with Crippen LogP contribution in [0.4, 0.5) is 0 Å². The number of nitrogens with zero attached hydrogens (tertiary/aromatic N) is 1. The summed E-state index contributed by atoms with van der Waals surface area (Å²) in [6.45, 7) is 2.71. The van der Waals surface area contributed by atoms with Gasteiger partial charge >= 0.3 is 0 Å². The molecule has 72 valence electrons. The van der Waals surface area contributed by atoms with E-state index in [0.717, 1.165) is 12.3 Å². The van der Waals surface area contributed by atoms with E-state index >= 15 is 0 Å². The van der Waals surface area contributed by atoms with Gasteiger partial charge in [-0.15, -0.1) is 0 Å². The van der Waals surface area contributed by atoms with Gasteiger partial charge < -0.3 is 10.6 Å². The first-order chi connectivity index (χ1) is 5.63. The van der Waals surface area contributed by atoms with Gasteiger partial charge in [-0.25, -0.2) is 0 Å². The Kier molecular flexibility index (Phi) is 6.20. The zero-order chi connectivity index (χ0) is 9.56. The van der Waals surface area contributed by atoms with Gasteiger partial charge in [-0.1, -0.05) is 6.92 Å². The van der Waals surface area contributed by atoms with E-state index in [1.165, 1.54) is 0 Å².